The number of sulfone groups is 1. The molecule has 0 bridgehead atoms. The van der Waals surface area contributed by atoms with Gasteiger partial charge in [-0.1, -0.05) is 29.8 Å². The zero-order valence-corrected chi connectivity index (χ0v) is 37.6. The van der Waals surface area contributed by atoms with Gasteiger partial charge in [0.05, 0.1) is 39.2 Å². The van der Waals surface area contributed by atoms with E-state index in [1.807, 2.05) is 66.3 Å². The molecular weight excluding hydrogens is 840 g/mol. The van der Waals surface area contributed by atoms with Gasteiger partial charge in [0.25, 0.3) is 0 Å². The molecule has 0 atom stereocenters. The largest absolute Gasteiger partial charge is 0.367 e. The third-order valence-corrected chi connectivity index (χ3v) is 15.1. The molecule has 0 radical (unpaired) electrons. The lowest BCUT2D eigenvalue weighted by Crippen LogP contribution is -2.48. The smallest absolute Gasteiger partial charge is 0.211 e. The van der Waals surface area contributed by atoms with Crippen LogP contribution in [0.1, 0.15) is 35.4 Å². The minimum atomic E-state index is -3.15. The van der Waals surface area contributed by atoms with Gasteiger partial charge in [-0.3, -0.25) is 0 Å². The normalized spacial score (nSPS) is 16.1. The fourth-order valence-electron chi connectivity index (χ4n) is 8.17. The maximum Gasteiger partial charge on any atom is 0.211 e. The zero-order chi connectivity index (χ0) is 43.0. The first-order valence-electron chi connectivity index (χ1n) is 19.7. The number of anilines is 1. The lowest BCUT2D eigenvalue weighted by Gasteiger charge is -2.35. The summed E-state index contributed by atoms with van der Waals surface area (Å²) in [5, 5.41) is 0.675. The third-order valence-electron chi connectivity index (χ3n) is 11.2. The average Bonchev–Trinajstić information content (AvgIpc) is 3.98. The summed E-state index contributed by atoms with van der Waals surface area (Å²) in [6, 6.07) is 25.6. The van der Waals surface area contributed by atoms with E-state index in [0.29, 0.717) is 55.1 Å². The van der Waals surface area contributed by atoms with Gasteiger partial charge in [0, 0.05) is 93.8 Å². The molecule has 318 valence electrons. The molecule has 0 aliphatic carbocycles. The molecule has 2 saturated heterocycles. The molecule has 9 rings (SSSR count). The van der Waals surface area contributed by atoms with Gasteiger partial charge in [-0.15, -0.1) is 0 Å². The Bertz CT molecular complexity index is 2850. The van der Waals surface area contributed by atoms with Gasteiger partial charge in [0.15, 0.2) is 9.84 Å². The first kappa shape index (κ1) is 43.4. The van der Waals surface area contributed by atoms with Crippen LogP contribution in [0.2, 0.25) is 5.02 Å². The van der Waals surface area contributed by atoms with Crippen LogP contribution in [0.15, 0.2) is 121 Å². The van der Waals surface area contributed by atoms with E-state index in [2.05, 4.69) is 69.5 Å². The summed E-state index contributed by atoms with van der Waals surface area (Å²) >= 11 is 6.15. The van der Waals surface area contributed by atoms with Gasteiger partial charge in [0.1, 0.15) is 0 Å². The predicted molar refractivity (Wildman–Crippen MR) is 242 cm³/mol. The minimum absolute atomic E-state index is 0.348. The number of pyridine rings is 3. The van der Waals surface area contributed by atoms with E-state index in [4.69, 9.17) is 11.6 Å². The van der Waals surface area contributed by atoms with Crippen LogP contribution in [0.25, 0.3) is 27.7 Å². The second kappa shape index (κ2) is 17.4. The molecular formula is C44H51ClN6O6S3. The van der Waals surface area contributed by atoms with Crippen LogP contribution in [-0.4, -0.2) is 105 Å². The lowest BCUT2D eigenvalue weighted by atomic mass is 9.89. The van der Waals surface area contributed by atoms with Crippen LogP contribution in [0.5, 0.6) is 0 Å². The Morgan fingerprint density at radius 2 is 1.07 bits per heavy atom. The van der Waals surface area contributed by atoms with Crippen molar-refractivity contribution in [2.45, 2.75) is 37.5 Å². The fraction of sp³-hybridized carbons (Fsp3) is 0.318. The number of piperazine rings is 1. The Morgan fingerprint density at radius 3 is 1.63 bits per heavy atom. The molecule has 0 saturated carbocycles. The Morgan fingerprint density at radius 1 is 0.567 bits per heavy atom. The van der Waals surface area contributed by atoms with Crippen LogP contribution in [-0.2, 0) is 29.9 Å². The van der Waals surface area contributed by atoms with Gasteiger partial charge < -0.3 is 18.1 Å². The van der Waals surface area contributed by atoms with Gasteiger partial charge >= 0.3 is 0 Å². The van der Waals surface area contributed by atoms with Crippen LogP contribution >= 0.6 is 11.6 Å². The first-order valence-corrected chi connectivity index (χ1v) is 25.7. The highest BCUT2D eigenvalue weighted by Gasteiger charge is 2.27. The van der Waals surface area contributed by atoms with Crippen molar-refractivity contribution in [1.82, 2.24) is 21.8 Å². The zero-order valence-electron chi connectivity index (χ0n) is 34.4. The van der Waals surface area contributed by atoms with Crippen molar-refractivity contribution in [2.24, 2.45) is 0 Å². The molecule has 0 spiro atoms. The molecule has 2 fully saturated rings. The molecule has 8 heterocycles. The number of halogens is 1. The number of rotatable bonds is 6. The minimum Gasteiger partial charge on any atom is -0.367 e. The summed E-state index contributed by atoms with van der Waals surface area (Å²) in [5.41, 5.74) is 10.4. The number of hydrogen-bond acceptors (Lipinski definition) is 7. The molecule has 0 amide bonds. The summed E-state index contributed by atoms with van der Waals surface area (Å²) < 4.78 is 78.6. The summed E-state index contributed by atoms with van der Waals surface area (Å²) in [5.74, 6) is 0.449. The second-order valence-electron chi connectivity index (χ2n) is 15.7. The Kier molecular flexibility index (Phi) is 12.6. The number of aromatic nitrogens is 3. The standard InChI is InChI=1S/C16H15NO2S.C15H20N2O2S.C13H16ClN3O2S/c1-12-10-15(16-4-3-9-17(16)11-12)13-5-7-14(8-6-13)20(2,18)19;1-12-10-14(15-4-3-7-16(15)11-12)13-5-8-17(9-6-13)20(2,18)19;1-20(18,19)17-7-5-15(6-8-17)13-9-11(14)10-16-4-2-3-12(13)16/h3-11H,1-2H3;3-4,7,10-11,13H,5-6,8-9H2,1-2H3;2-4,9-10H,5-8H2,1H3. The molecule has 7 aromatic rings. The van der Waals surface area contributed by atoms with Crippen molar-refractivity contribution in [3.63, 3.8) is 0 Å². The summed E-state index contributed by atoms with van der Waals surface area (Å²) in [6.45, 7) is 7.79. The summed E-state index contributed by atoms with van der Waals surface area (Å²) in [4.78, 5) is 2.53. The number of sulfonamides is 2. The highest BCUT2D eigenvalue weighted by molar-refractivity contribution is 7.90. The van der Waals surface area contributed by atoms with Crippen molar-refractivity contribution in [3.05, 3.63) is 138 Å². The van der Waals surface area contributed by atoms with Crippen molar-refractivity contribution in [2.75, 3.05) is 62.9 Å². The SMILES string of the molecule is CS(=O)(=O)N1CCN(c2cc(Cl)cn3cccc23)CC1.Cc1cc(-c2ccc(S(C)(=O)=O)cc2)c2cccn2c1.Cc1cc(C2CCN(S(C)(=O)=O)CC2)c2cccn2c1. The number of benzene rings is 1. The molecule has 2 aliphatic rings. The maximum atomic E-state index is 11.6. The molecule has 0 N–H and O–H groups in total. The van der Waals surface area contributed by atoms with Crippen LogP contribution in [0.3, 0.4) is 0 Å². The lowest BCUT2D eigenvalue weighted by molar-refractivity contribution is 0.322. The summed E-state index contributed by atoms with van der Waals surface area (Å²) in [7, 11) is -9.29. The Hall–Kier alpha value is -4.64. The molecule has 0 unspecified atom stereocenters. The van der Waals surface area contributed by atoms with Gasteiger partial charge in [-0.25, -0.2) is 29.6 Å². The van der Waals surface area contributed by atoms with E-state index < -0.39 is 29.9 Å². The third kappa shape index (κ3) is 9.93. The van der Waals surface area contributed by atoms with Crippen molar-refractivity contribution in [1.29, 1.82) is 0 Å². The maximum absolute atomic E-state index is 11.6. The molecule has 2 aliphatic heterocycles. The number of fused-ring (bicyclic) bond motifs is 3. The van der Waals surface area contributed by atoms with Gasteiger partial charge in [0.2, 0.25) is 20.0 Å². The monoisotopic (exact) mass is 890 g/mol. The first-order chi connectivity index (χ1) is 28.3. The summed E-state index contributed by atoms with van der Waals surface area (Å²) in [6.07, 6.45) is 17.7. The quantitative estimate of drug-likeness (QED) is 0.171. The van der Waals surface area contributed by atoms with Crippen molar-refractivity contribution >= 4 is 63.7 Å². The van der Waals surface area contributed by atoms with Gasteiger partial charge in [-0.2, -0.15) is 4.31 Å². The van der Waals surface area contributed by atoms with E-state index in [0.717, 1.165) is 46.3 Å². The van der Waals surface area contributed by atoms with E-state index in [1.54, 1.807) is 16.4 Å². The molecule has 60 heavy (non-hydrogen) atoms. The molecule has 1 aromatic carbocycles. The average molecular weight is 892 g/mol. The topological polar surface area (TPSA) is 125 Å². The van der Waals surface area contributed by atoms with Crippen LogP contribution < -0.4 is 4.90 Å². The second-order valence-corrected chi connectivity index (χ2v) is 22.1. The van der Waals surface area contributed by atoms with E-state index >= 15 is 0 Å². The predicted octanol–water partition coefficient (Wildman–Crippen LogP) is 7.38. The Labute approximate surface area is 358 Å². The highest BCUT2D eigenvalue weighted by atomic mass is 35.5. The van der Waals surface area contributed by atoms with Crippen molar-refractivity contribution in [3.8, 4) is 11.1 Å². The van der Waals surface area contributed by atoms with E-state index in [-0.39, 0.29) is 0 Å². The highest BCUT2D eigenvalue weighted by Crippen LogP contribution is 2.33. The number of nitrogens with zero attached hydrogens (tertiary/aromatic N) is 6. The molecule has 12 nitrogen and oxygen atoms in total. The van der Waals surface area contributed by atoms with Crippen LogP contribution in [0.4, 0.5) is 5.69 Å². The molecule has 6 aromatic heterocycles. The number of aryl methyl sites for hydroxylation is 2. The molecule has 16 heteroatoms. The van der Waals surface area contributed by atoms with Crippen LogP contribution in [0, 0.1) is 13.8 Å². The fourth-order valence-corrected chi connectivity index (χ4v) is 10.7. The van der Waals surface area contributed by atoms with Gasteiger partial charge in [-0.05, 0) is 116 Å². The van der Waals surface area contributed by atoms with E-state index in [9.17, 15) is 25.3 Å². The van der Waals surface area contributed by atoms with E-state index in [1.165, 1.54) is 39.7 Å². The number of piperidine rings is 1. The Balaban J connectivity index is 0.000000136. The van der Waals surface area contributed by atoms with Crippen molar-refractivity contribution < 1.29 is 25.3 Å². The number of hydrogen-bond donors (Lipinski definition) is 0.